The van der Waals surface area contributed by atoms with Crippen molar-refractivity contribution in [3.05, 3.63) is 71.8 Å². The first-order valence-electron chi connectivity index (χ1n) is 8.39. The molecule has 1 spiro atoms. The molecule has 28 heavy (non-hydrogen) atoms. The van der Waals surface area contributed by atoms with Gasteiger partial charge in [-0.15, -0.1) is 0 Å². The first kappa shape index (κ1) is 19.2. The first-order chi connectivity index (χ1) is 13.1. The minimum atomic E-state index is -4.12. The van der Waals surface area contributed by atoms with E-state index >= 15 is 0 Å². The Morgan fingerprint density at radius 1 is 0.714 bits per heavy atom. The number of hydrogen-bond acceptors (Lipinski definition) is 6. The summed E-state index contributed by atoms with van der Waals surface area (Å²) in [6.45, 7) is 0. The maximum absolute atomic E-state index is 7.07. The van der Waals surface area contributed by atoms with Crippen molar-refractivity contribution in [2.75, 3.05) is 14.1 Å². The summed E-state index contributed by atoms with van der Waals surface area (Å²) in [4.78, 5) is -4.12. The first-order valence-corrected chi connectivity index (χ1v) is 17.3. The van der Waals surface area contributed by atoms with Crippen molar-refractivity contribution in [3.63, 3.8) is 0 Å². The second-order valence-electron chi connectivity index (χ2n) is 6.71. The Bertz CT molecular complexity index is 979. The molecule has 0 bridgehead atoms. The van der Waals surface area contributed by atoms with E-state index in [1.165, 1.54) is 0 Å². The van der Waals surface area contributed by atoms with E-state index in [2.05, 4.69) is 15.5 Å². The zero-order chi connectivity index (χ0) is 20.0. The van der Waals surface area contributed by atoms with Gasteiger partial charge < -0.3 is 0 Å². The summed E-state index contributed by atoms with van der Waals surface area (Å²) in [5, 5.41) is 9.64. The number of hydrogen-bond donors (Lipinski definition) is 0. The normalized spacial score (nSPS) is 27.9. The molecule has 0 saturated carbocycles. The average Bonchev–Trinajstić information content (AvgIpc) is 3.04. The van der Waals surface area contributed by atoms with Crippen LogP contribution in [0.2, 0.25) is 0 Å². The number of halogens is 4. The van der Waals surface area contributed by atoms with Gasteiger partial charge >= 0.3 is 186 Å². The Hall–Kier alpha value is -0.810. The SMILES string of the molecule is CN1N=C(c2ccccc2)N2P(Cl)(Cl)(Cl)N3C(c4ccccc4)=NN(C)P123Br. The van der Waals surface area contributed by atoms with Gasteiger partial charge in [0.2, 0.25) is 0 Å². The molecule has 3 aliphatic heterocycles. The molecule has 0 radical (unpaired) electrons. The van der Waals surface area contributed by atoms with Crippen LogP contribution in [-0.4, -0.2) is 44.2 Å². The quantitative estimate of drug-likeness (QED) is 0.403. The van der Waals surface area contributed by atoms with Crippen molar-refractivity contribution in [2.24, 2.45) is 10.2 Å². The van der Waals surface area contributed by atoms with Crippen molar-refractivity contribution in [2.45, 2.75) is 0 Å². The van der Waals surface area contributed by atoms with Gasteiger partial charge in [0.1, 0.15) is 0 Å². The van der Waals surface area contributed by atoms with E-state index in [-0.39, 0.29) is 0 Å². The fourth-order valence-corrected chi connectivity index (χ4v) is 32.4. The summed E-state index contributed by atoms with van der Waals surface area (Å²) < 4.78 is 7.48. The van der Waals surface area contributed by atoms with Gasteiger partial charge in [-0.05, 0) is 0 Å². The van der Waals surface area contributed by atoms with Gasteiger partial charge in [0, 0.05) is 0 Å². The van der Waals surface area contributed by atoms with Crippen molar-refractivity contribution < 1.29 is 0 Å². The van der Waals surface area contributed by atoms with Crippen LogP contribution in [-0.2, 0) is 0 Å². The van der Waals surface area contributed by atoms with Crippen LogP contribution in [0, 0.1) is 0 Å². The Labute approximate surface area is 185 Å². The summed E-state index contributed by atoms with van der Waals surface area (Å²) in [5.74, 6) is -2.23. The fraction of sp³-hybridized carbons (Fsp3) is 0.125. The Balaban J connectivity index is 1.74. The molecular formula is C16H16BrCl3N6P2. The maximum atomic E-state index is 7.07. The summed E-state index contributed by atoms with van der Waals surface area (Å²) in [6, 6.07) is 19.5. The zero-order valence-electron chi connectivity index (χ0n) is 14.9. The van der Waals surface area contributed by atoms with Crippen molar-refractivity contribution >= 4 is 71.8 Å². The zero-order valence-corrected chi connectivity index (χ0v) is 20.5. The topological polar surface area (TPSA) is 37.7 Å². The number of amidine groups is 2. The number of benzene rings is 2. The second-order valence-corrected chi connectivity index (χ2v) is 24.4. The Morgan fingerprint density at radius 3 is 1.43 bits per heavy atom. The molecule has 0 atom stereocenters. The third-order valence-electron chi connectivity index (χ3n) is 5.17. The van der Waals surface area contributed by atoms with Gasteiger partial charge in [-0.1, -0.05) is 0 Å². The summed E-state index contributed by atoms with van der Waals surface area (Å²) in [6.07, 6.45) is 0. The second kappa shape index (κ2) is 5.46. The summed E-state index contributed by atoms with van der Waals surface area (Å²) in [7, 11) is 3.78. The number of hydrazone groups is 2. The van der Waals surface area contributed by atoms with Crippen molar-refractivity contribution in [1.82, 2.24) is 18.4 Å². The van der Waals surface area contributed by atoms with Crippen LogP contribution < -0.4 is 0 Å². The summed E-state index contributed by atoms with van der Waals surface area (Å²) >= 11 is 25.2. The standard InChI is InChI=1S/C16H16BrCl3N6P2/c1-23-21-15(13-9-5-3-6-10-13)25-27(23,17)24(2)22-16(14-11-7-4-8-12-14)26(27)28(25,18,19)20/h3-12H,1-2H3. The van der Waals surface area contributed by atoms with E-state index in [4.69, 9.17) is 43.9 Å². The van der Waals surface area contributed by atoms with E-state index in [0.717, 1.165) is 11.1 Å². The third kappa shape index (κ3) is 1.94. The molecule has 3 aliphatic rings. The number of nitrogens with zero attached hydrogens (tertiary/aromatic N) is 6. The molecule has 12 heteroatoms. The predicted molar refractivity (Wildman–Crippen MR) is 125 cm³/mol. The molecule has 5 rings (SSSR count). The van der Waals surface area contributed by atoms with Gasteiger partial charge in [-0.25, -0.2) is 0 Å². The third-order valence-corrected chi connectivity index (χ3v) is 25.4. The van der Waals surface area contributed by atoms with E-state index in [1.807, 2.05) is 93.2 Å². The Morgan fingerprint density at radius 2 is 1.07 bits per heavy atom. The van der Waals surface area contributed by atoms with Gasteiger partial charge in [0.15, 0.2) is 0 Å². The van der Waals surface area contributed by atoms with Gasteiger partial charge in [-0.3, -0.25) is 0 Å². The molecule has 148 valence electrons. The van der Waals surface area contributed by atoms with Crippen LogP contribution in [0.25, 0.3) is 0 Å². The molecule has 2 aromatic carbocycles. The fourth-order valence-electron chi connectivity index (χ4n) is 3.95. The van der Waals surface area contributed by atoms with E-state index in [0.29, 0.717) is 11.7 Å². The van der Waals surface area contributed by atoms with Gasteiger partial charge in [0.25, 0.3) is 0 Å². The van der Waals surface area contributed by atoms with Crippen molar-refractivity contribution in [1.29, 1.82) is 0 Å². The van der Waals surface area contributed by atoms with Crippen LogP contribution in [0.5, 0.6) is 0 Å². The summed E-state index contributed by atoms with van der Waals surface area (Å²) in [5.41, 5.74) is 1.76. The van der Waals surface area contributed by atoms with Crippen LogP contribution in [0.1, 0.15) is 11.1 Å². The molecule has 0 amide bonds. The molecular weight excluding hydrogens is 524 g/mol. The van der Waals surface area contributed by atoms with Gasteiger partial charge in [-0.2, -0.15) is 0 Å². The average molecular weight is 541 g/mol. The number of rotatable bonds is 2. The minimum absolute atomic E-state index is 0.628. The molecule has 6 nitrogen and oxygen atoms in total. The molecule has 2 aromatic rings. The molecule has 1 saturated heterocycles. The van der Waals surface area contributed by atoms with Crippen LogP contribution in [0.3, 0.4) is 0 Å². The molecule has 0 aliphatic carbocycles. The molecule has 1 fully saturated rings. The van der Waals surface area contributed by atoms with Crippen LogP contribution >= 0.6 is 60.1 Å². The predicted octanol–water partition coefficient (Wildman–Crippen LogP) is 6.59. The van der Waals surface area contributed by atoms with E-state index in [1.54, 1.807) is 0 Å². The van der Waals surface area contributed by atoms with Crippen LogP contribution in [0.15, 0.2) is 70.9 Å². The monoisotopic (exact) mass is 538 g/mol. The van der Waals surface area contributed by atoms with E-state index < -0.39 is 10.9 Å². The van der Waals surface area contributed by atoms with E-state index in [9.17, 15) is 0 Å². The molecule has 3 heterocycles. The molecule has 0 aromatic heterocycles. The Kier molecular flexibility index (Phi) is 3.74. The molecule has 0 N–H and O–H groups in total. The van der Waals surface area contributed by atoms with Crippen molar-refractivity contribution in [3.8, 4) is 0 Å². The molecule has 0 unspecified atom stereocenters. The van der Waals surface area contributed by atoms with Gasteiger partial charge in [0.05, 0.1) is 0 Å². The van der Waals surface area contributed by atoms with Crippen LogP contribution in [0.4, 0.5) is 0 Å².